The molecule has 0 amide bonds. The van der Waals surface area contributed by atoms with E-state index in [1.54, 1.807) is 6.20 Å². The number of benzene rings is 1. The average Bonchev–Trinajstić information content (AvgIpc) is 2.69. The lowest BCUT2D eigenvalue weighted by atomic mass is 10.2. The molecule has 17 heavy (non-hydrogen) atoms. The number of hydrogen-bond acceptors (Lipinski definition) is 2. The zero-order valence-electron chi connectivity index (χ0n) is 9.26. The second-order valence-electron chi connectivity index (χ2n) is 3.85. The molecule has 0 unspecified atom stereocenters. The van der Waals surface area contributed by atoms with E-state index in [9.17, 15) is 0 Å². The second kappa shape index (κ2) is 3.96. The number of aryl methyl sites for hydroxylation is 1. The van der Waals surface area contributed by atoms with Crippen molar-refractivity contribution < 1.29 is 0 Å². The Morgan fingerprint density at radius 3 is 2.59 bits per heavy atom. The van der Waals surface area contributed by atoms with Gasteiger partial charge < -0.3 is 4.57 Å². The summed E-state index contributed by atoms with van der Waals surface area (Å²) in [4.78, 5) is 8.93. The van der Waals surface area contributed by atoms with Crippen LogP contribution in [0.15, 0.2) is 47.1 Å². The standard InChI is InChI=1S/C13H10BrN3/c1-17-12(9-4-6-10(14)7-5-9)16-11-3-2-8-15-13(11)17/h2-8H,1H3. The zero-order chi connectivity index (χ0) is 11.8. The highest BCUT2D eigenvalue weighted by Gasteiger charge is 2.09. The number of imidazole rings is 1. The number of rotatable bonds is 1. The first-order valence-corrected chi connectivity index (χ1v) is 6.08. The van der Waals surface area contributed by atoms with Crippen LogP contribution in [0.5, 0.6) is 0 Å². The minimum absolute atomic E-state index is 0.908. The molecule has 0 aliphatic rings. The van der Waals surface area contributed by atoms with Crippen molar-refractivity contribution in [2.45, 2.75) is 0 Å². The Balaban J connectivity index is 2.24. The second-order valence-corrected chi connectivity index (χ2v) is 4.76. The molecule has 2 aromatic heterocycles. The van der Waals surface area contributed by atoms with Crippen LogP contribution in [0, 0.1) is 0 Å². The molecule has 0 N–H and O–H groups in total. The Hall–Kier alpha value is -1.68. The van der Waals surface area contributed by atoms with E-state index < -0.39 is 0 Å². The first kappa shape index (κ1) is 10.5. The van der Waals surface area contributed by atoms with E-state index in [4.69, 9.17) is 0 Å². The summed E-state index contributed by atoms with van der Waals surface area (Å²) in [5.74, 6) is 0.936. The molecule has 0 aliphatic heterocycles. The molecule has 0 bridgehead atoms. The highest BCUT2D eigenvalue weighted by atomic mass is 79.9. The van der Waals surface area contributed by atoms with Gasteiger partial charge in [-0.3, -0.25) is 0 Å². The molecule has 0 fully saturated rings. The number of pyridine rings is 1. The summed E-state index contributed by atoms with van der Waals surface area (Å²) in [6, 6.07) is 12.0. The van der Waals surface area contributed by atoms with Crippen LogP contribution in [0.2, 0.25) is 0 Å². The maximum atomic E-state index is 4.60. The van der Waals surface area contributed by atoms with Crippen molar-refractivity contribution in [1.82, 2.24) is 14.5 Å². The molecule has 0 spiro atoms. The molecule has 4 heteroatoms. The van der Waals surface area contributed by atoms with Crippen LogP contribution >= 0.6 is 15.9 Å². The smallest absolute Gasteiger partial charge is 0.159 e. The van der Waals surface area contributed by atoms with E-state index in [2.05, 4.69) is 25.9 Å². The molecule has 84 valence electrons. The highest BCUT2D eigenvalue weighted by molar-refractivity contribution is 9.10. The summed E-state index contributed by atoms with van der Waals surface area (Å²) in [6.07, 6.45) is 1.79. The summed E-state index contributed by atoms with van der Waals surface area (Å²) >= 11 is 3.43. The molecule has 0 saturated carbocycles. The predicted molar refractivity (Wildman–Crippen MR) is 71.6 cm³/mol. The third-order valence-electron chi connectivity index (χ3n) is 2.73. The summed E-state index contributed by atoms with van der Waals surface area (Å²) in [7, 11) is 1.99. The third-order valence-corrected chi connectivity index (χ3v) is 3.26. The number of aromatic nitrogens is 3. The minimum Gasteiger partial charge on any atom is -0.312 e. The van der Waals surface area contributed by atoms with Crippen LogP contribution < -0.4 is 0 Å². The average molecular weight is 288 g/mol. The van der Waals surface area contributed by atoms with Crippen LogP contribution in [0.4, 0.5) is 0 Å². The van der Waals surface area contributed by atoms with Gasteiger partial charge in [0.1, 0.15) is 11.3 Å². The van der Waals surface area contributed by atoms with Crippen molar-refractivity contribution in [3.8, 4) is 11.4 Å². The molecule has 3 nitrogen and oxygen atoms in total. The maximum Gasteiger partial charge on any atom is 0.159 e. The van der Waals surface area contributed by atoms with Crippen molar-refractivity contribution in [2.24, 2.45) is 7.05 Å². The van der Waals surface area contributed by atoms with Crippen molar-refractivity contribution in [3.63, 3.8) is 0 Å². The van der Waals surface area contributed by atoms with Gasteiger partial charge in [-0.1, -0.05) is 28.1 Å². The molecule has 0 radical (unpaired) electrons. The van der Waals surface area contributed by atoms with E-state index in [1.165, 1.54) is 0 Å². The molecule has 0 atom stereocenters. The van der Waals surface area contributed by atoms with E-state index in [0.29, 0.717) is 0 Å². The number of fused-ring (bicyclic) bond motifs is 1. The van der Waals surface area contributed by atoms with Gasteiger partial charge in [-0.15, -0.1) is 0 Å². The van der Waals surface area contributed by atoms with Crippen LogP contribution in [0.3, 0.4) is 0 Å². The number of nitrogens with zero attached hydrogens (tertiary/aromatic N) is 3. The lowest BCUT2D eigenvalue weighted by Crippen LogP contribution is -1.93. The van der Waals surface area contributed by atoms with Crippen LogP contribution in [-0.4, -0.2) is 14.5 Å². The van der Waals surface area contributed by atoms with Gasteiger partial charge in [0.2, 0.25) is 0 Å². The Bertz CT molecular complexity index is 671. The van der Waals surface area contributed by atoms with Gasteiger partial charge in [-0.25, -0.2) is 9.97 Å². The van der Waals surface area contributed by atoms with E-state index >= 15 is 0 Å². The summed E-state index contributed by atoms with van der Waals surface area (Å²) in [5, 5.41) is 0. The van der Waals surface area contributed by atoms with Crippen molar-refractivity contribution in [2.75, 3.05) is 0 Å². The van der Waals surface area contributed by atoms with Crippen molar-refractivity contribution in [3.05, 3.63) is 47.1 Å². The summed E-state index contributed by atoms with van der Waals surface area (Å²) in [5.41, 5.74) is 2.92. The Labute approximate surface area is 107 Å². The Morgan fingerprint density at radius 2 is 1.88 bits per heavy atom. The number of halogens is 1. The van der Waals surface area contributed by atoms with Gasteiger partial charge in [0.15, 0.2) is 5.65 Å². The molecule has 1 aromatic carbocycles. The molecule has 0 aliphatic carbocycles. The van der Waals surface area contributed by atoms with Crippen molar-refractivity contribution in [1.29, 1.82) is 0 Å². The lowest BCUT2D eigenvalue weighted by Gasteiger charge is -2.01. The molecule has 0 saturated heterocycles. The monoisotopic (exact) mass is 287 g/mol. The first-order valence-electron chi connectivity index (χ1n) is 5.29. The van der Waals surface area contributed by atoms with Gasteiger partial charge in [-0.05, 0) is 24.3 Å². The van der Waals surface area contributed by atoms with Gasteiger partial charge in [-0.2, -0.15) is 0 Å². The summed E-state index contributed by atoms with van der Waals surface area (Å²) in [6.45, 7) is 0. The minimum atomic E-state index is 0.908. The van der Waals surface area contributed by atoms with Crippen LogP contribution in [0.25, 0.3) is 22.6 Å². The van der Waals surface area contributed by atoms with E-state index in [0.717, 1.165) is 27.0 Å². The molecule has 3 rings (SSSR count). The van der Waals surface area contributed by atoms with Crippen LogP contribution in [-0.2, 0) is 7.05 Å². The largest absolute Gasteiger partial charge is 0.312 e. The van der Waals surface area contributed by atoms with Gasteiger partial charge >= 0.3 is 0 Å². The van der Waals surface area contributed by atoms with Crippen LogP contribution in [0.1, 0.15) is 0 Å². The fourth-order valence-corrected chi connectivity index (χ4v) is 2.15. The van der Waals surface area contributed by atoms with Crippen molar-refractivity contribution >= 4 is 27.1 Å². The van der Waals surface area contributed by atoms with E-state index in [-0.39, 0.29) is 0 Å². The maximum absolute atomic E-state index is 4.60. The fraction of sp³-hybridized carbons (Fsp3) is 0.0769. The molecular formula is C13H10BrN3. The molecular weight excluding hydrogens is 278 g/mol. The lowest BCUT2D eigenvalue weighted by molar-refractivity contribution is 0.942. The Morgan fingerprint density at radius 1 is 1.12 bits per heavy atom. The molecule has 2 heterocycles. The predicted octanol–water partition coefficient (Wildman–Crippen LogP) is 3.40. The quantitative estimate of drug-likeness (QED) is 0.687. The molecule has 3 aromatic rings. The fourth-order valence-electron chi connectivity index (χ4n) is 1.88. The topological polar surface area (TPSA) is 30.7 Å². The van der Waals surface area contributed by atoms with Gasteiger partial charge in [0.05, 0.1) is 0 Å². The first-order chi connectivity index (χ1) is 8.25. The summed E-state index contributed by atoms with van der Waals surface area (Å²) < 4.78 is 3.08. The normalized spacial score (nSPS) is 10.9. The zero-order valence-corrected chi connectivity index (χ0v) is 10.8. The van der Waals surface area contributed by atoms with Gasteiger partial charge in [0.25, 0.3) is 0 Å². The highest BCUT2D eigenvalue weighted by Crippen LogP contribution is 2.23. The van der Waals surface area contributed by atoms with E-state index in [1.807, 2.05) is 48.0 Å². The number of hydrogen-bond donors (Lipinski definition) is 0. The Kier molecular flexibility index (Phi) is 2.44. The third kappa shape index (κ3) is 1.74. The SMILES string of the molecule is Cn1c(-c2ccc(Br)cc2)nc2cccnc21. The van der Waals surface area contributed by atoms with Gasteiger partial charge in [0, 0.05) is 23.3 Å².